The van der Waals surface area contributed by atoms with Crippen molar-refractivity contribution in [2.45, 2.75) is 13.3 Å². The molecule has 0 saturated carbocycles. The number of hydrogen-bond donors (Lipinski definition) is 2. The maximum atomic E-state index is 5.32. The molecule has 0 aliphatic heterocycles. The number of pyridine rings is 1. The van der Waals surface area contributed by atoms with Gasteiger partial charge in [-0.15, -0.1) is 24.0 Å². The topological polar surface area (TPSA) is 67.8 Å². The minimum absolute atomic E-state index is 0. The van der Waals surface area contributed by atoms with E-state index in [-0.39, 0.29) is 24.0 Å². The highest BCUT2D eigenvalue weighted by Gasteiger charge is 2.06. The van der Waals surface area contributed by atoms with Gasteiger partial charge < -0.3 is 20.1 Å². The molecular formula is C18H25IN4O2. The van der Waals surface area contributed by atoms with Gasteiger partial charge in [0.25, 0.3) is 0 Å². The Morgan fingerprint density at radius 2 is 1.92 bits per heavy atom. The summed E-state index contributed by atoms with van der Waals surface area (Å²) in [6.45, 7) is 3.47. The Labute approximate surface area is 166 Å². The zero-order valence-corrected chi connectivity index (χ0v) is 17.1. The quantitative estimate of drug-likeness (QED) is 0.380. The predicted molar refractivity (Wildman–Crippen MR) is 113 cm³/mol. The lowest BCUT2D eigenvalue weighted by Gasteiger charge is -2.13. The highest BCUT2D eigenvalue weighted by Crippen LogP contribution is 2.29. The Kier molecular flexibility index (Phi) is 9.68. The largest absolute Gasteiger partial charge is 0.493 e. The second kappa shape index (κ2) is 11.5. The summed E-state index contributed by atoms with van der Waals surface area (Å²) in [5.74, 6) is 2.09. The number of halogens is 1. The molecule has 136 valence electrons. The van der Waals surface area contributed by atoms with E-state index in [9.17, 15) is 0 Å². The molecule has 2 rings (SSSR count). The van der Waals surface area contributed by atoms with Crippen molar-refractivity contribution in [3.05, 3.63) is 48.3 Å². The molecule has 0 unspecified atom stereocenters. The van der Waals surface area contributed by atoms with Gasteiger partial charge in [-0.05, 0) is 31.2 Å². The van der Waals surface area contributed by atoms with Crippen LogP contribution in [0.15, 0.2) is 47.6 Å². The Balaban J connectivity index is 0.00000312. The monoisotopic (exact) mass is 456 g/mol. The van der Waals surface area contributed by atoms with Crippen molar-refractivity contribution in [3.8, 4) is 11.5 Å². The van der Waals surface area contributed by atoms with E-state index in [0.29, 0.717) is 18.0 Å². The lowest BCUT2D eigenvalue weighted by molar-refractivity contribution is 0.355. The van der Waals surface area contributed by atoms with Gasteiger partial charge in [0.1, 0.15) is 0 Å². The molecule has 0 spiro atoms. The molecule has 0 atom stereocenters. The average molecular weight is 456 g/mol. The van der Waals surface area contributed by atoms with Crippen LogP contribution >= 0.6 is 24.0 Å². The zero-order valence-electron chi connectivity index (χ0n) is 14.8. The number of aromatic nitrogens is 1. The number of methoxy groups -OCH3 is 2. The van der Waals surface area contributed by atoms with Gasteiger partial charge in [-0.1, -0.05) is 6.07 Å². The van der Waals surface area contributed by atoms with Crippen molar-refractivity contribution in [3.63, 3.8) is 0 Å². The van der Waals surface area contributed by atoms with Crippen LogP contribution in [0.2, 0.25) is 0 Å². The molecule has 6 nitrogen and oxygen atoms in total. The van der Waals surface area contributed by atoms with Crippen molar-refractivity contribution in [1.82, 2.24) is 10.3 Å². The molecule has 0 radical (unpaired) electrons. The molecule has 0 aliphatic carbocycles. The van der Waals surface area contributed by atoms with Crippen molar-refractivity contribution in [2.24, 2.45) is 4.99 Å². The van der Waals surface area contributed by atoms with Crippen LogP contribution in [-0.2, 0) is 6.42 Å². The molecule has 0 bridgehead atoms. The highest BCUT2D eigenvalue weighted by atomic mass is 127. The van der Waals surface area contributed by atoms with Crippen LogP contribution in [0.3, 0.4) is 0 Å². The third-order valence-electron chi connectivity index (χ3n) is 3.35. The predicted octanol–water partition coefficient (Wildman–Crippen LogP) is 3.34. The summed E-state index contributed by atoms with van der Waals surface area (Å²) in [5, 5.41) is 6.51. The molecule has 0 amide bonds. The van der Waals surface area contributed by atoms with Crippen LogP contribution in [0.4, 0.5) is 5.69 Å². The molecule has 1 aromatic carbocycles. The highest BCUT2D eigenvalue weighted by molar-refractivity contribution is 14.0. The van der Waals surface area contributed by atoms with E-state index in [1.807, 2.05) is 43.3 Å². The number of aliphatic imine (C=N–C) groups is 1. The fourth-order valence-electron chi connectivity index (χ4n) is 2.19. The van der Waals surface area contributed by atoms with Crippen LogP contribution < -0.4 is 20.1 Å². The van der Waals surface area contributed by atoms with Crippen LogP contribution in [0, 0.1) is 0 Å². The normalized spacial score (nSPS) is 10.6. The summed E-state index contributed by atoms with van der Waals surface area (Å²) in [6.07, 6.45) is 2.59. The van der Waals surface area contributed by atoms with Crippen molar-refractivity contribution < 1.29 is 9.47 Å². The average Bonchev–Trinajstić information content (AvgIpc) is 2.62. The Hall–Kier alpha value is -2.03. The summed E-state index contributed by atoms with van der Waals surface area (Å²) < 4.78 is 10.6. The van der Waals surface area contributed by atoms with E-state index >= 15 is 0 Å². The van der Waals surface area contributed by atoms with Gasteiger partial charge in [-0.3, -0.25) is 9.98 Å². The Morgan fingerprint density at radius 1 is 1.12 bits per heavy atom. The first-order chi connectivity index (χ1) is 11.8. The number of nitrogens with zero attached hydrogens (tertiary/aromatic N) is 2. The molecular weight excluding hydrogens is 431 g/mol. The number of ether oxygens (including phenoxy) is 2. The summed E-state index contributed by atoms with van der Waals surface area (Å²) in [4.78, 5) is 8.89. The first-order valence-corrected chi connectivity index (χ1v) is 7.94. The first kappa shape index (κ1) is 21.0. The minimum Gasteiger partial charge on any atom is -0.493 e. The Morgan fingerprint density at radius 3 is 2.56 bits per heavy atom. The van der Waals surface area contributed by atoms with Crippen LogP contribution in [-0.4, -0.2) is 38.3 Å². The minimum atomic E-state index is 0. The van der Waals surface area contributed by atoms with E-state index in [0.717, 1.165) is 30.3 Å². The second-order valence-electron chi connectivity index (χ2n) is 5.03. The van der Waals surface area contributed by atoms with Crippen molar-refractivity contribution in [1.29, 1.82) is 0 Å². The molecule has 0 saturated heterocycles. The van der Waals surface area contributed by atoms with Gasteiger partial charge in [0.05, 0.1) is 14.2 Å². The van der Waals surface area contributed by atoms with Crippen LogP contribution in [0.25, 0.3) is 0 Å². The van der Waals surface area contributed by atoms with E-state index in [1.54, 1.807) is 20.4 Å². The SMILES string of the molecule is CCNC(=NCCc1ccccn1)Nc1ccc(OC)c(OC)c1.I. The number of benzene rings is 1. The smallest absolute Gasteiger partial charge is 0.195 e. The maximum absolute atomic E-state index is 5.32. The number of nitrogens with one attached hydrogen (secondary N) is 2. The van der Waals surface area contributed by atoms with E-state index in [2.05, 4.69) is 20.6 Å². The summed E-state index contributed by atoms with van der Waals surface area (Å²) in [5.41, 5.74) is 1.91. The lowest BCUT2D eigenvalue weighted by atomic mass is 10.2. The molecule has 25 heavy (non-hydrogen) atoms. The lowest BCUT2D eigenvalue weighted by Crippen LogP contribution is -2.30. The summed E-state index contributed by atoms with van der Waals surface area (Å²) >= 11 is 0. The number of anilines is 1. The number of hydrogen-bond acceptors (Lipinski definition) is 4. The Bertz CT molecular complexity index is 665. The first-order valence-electron chi connectivity index (χ1n) is 7.94. The van der Waals surface area contributed by atoms with E-state index in [4.69, 9.17) is 9.47 Å². The van der Waals surface area contributed by atoms with Crippen LogP contribution in [0.1, 0.15) is 12.6 Å². The fraction of sp³-hybridized carbons (Fsp3) is 0.333. The third-order valence-corrected chi connectivity index (χ3v) is 3.35. The molecule has 1 heterocycles. The molecule has 2 aromatic rings. The maximum Gasteiger partial charge on any atom is 0.195 e. The standard InChI is InChI=1S/C18H24N4O2.HI/c1-4-19-18(21-12-10-14-7-5-6-11-20-14)22-15-8-9-16(23-2)17(13-15)24-3;/h5-9,11,13H,4,10,12H2,1-3H3,(H2,19,21,22);1H. The van der Waals surface area contributed by atoms with Crippen molar-refractivity contribution >= 4 is 35.6 Å². The molecule has 1 aromatic heterocycles. The molecule has 7 heteroatoms. The fourth-order valence-corrected chi connectivity index (χ4v) is 2.19. The van der Waals surface area contributed by atoms with Gasteiger partial charge in [-0.25, -0.2) is 0 Å². The summed E-state index contributed by atoms with van der Waals surface area (Å²) in [7, 11) is 3.24. The summed E-state index contributed by atoms with van der Waals surface area (Å²) in [6, 6.07) is 11.6. The van der Waals surface area contributed by atoms with Gasteiger partial charge in [0.2, 0.25) is 0 Å². The van der Waals surface area contributed by atoms with Gasteiger partial charge >= 0.3 is 0 Å². The molecule has 0 fully saturated rings. The number of guanidine groups is 1. The van der Waals surface area contributed by atoms with Gasteiger partial charge in [0, 0.05) is 43.2 Å². The van der Waals surface area contributed by atoms with E-state index < -0.39 is 0 Å². The van der Waals surface area contributed by atoms with Gasteiger partial charge in [0.15, 0.2) is 17.5 Å². The van der Waals surface area contributed by atoms with Crippen LogP contribution in [0.5, 0.6) is 11.5 Å². The second-order valence-corrected chi connectivity index (χ2v) is 5.03. The zero-order chi connectivity index (χ0) is 17.2. The molecule has 2 N–H and O–H groups in total. The third kappa shape index (κ3) is 6.77. The molecule has 0 aliphatic rings. The number of rotatable bonds is 7. The van der Waals surface area contributed by atoms with Gasteiger partial charge in [-0.2, -0.15) is 0 Å². The van der Waals surface area contributed by atoms with Crippen molar-refractivity contribution in [2.75, 3.05) is 32.6 Å². The van der Waals surface area contributed by atoms with E-state index in [1.165, 1.54) is 0 Å².